The zero-order valence-corrected chi connectivity index (χ0v) is 22.7. The number of aryl methyl sites for hydroxylation is 1. The summed E-state index contributed by atoms with van der Waals surface area (Å²) in [6.07, 6.45) is 1.14. The second kappa shape index (κ2) is 12.2. The van der Waals surface area contributed by atoms with Crippen LogP contribution in [0.1, 0.15) is 92.3 Å². The van der Waals surface area contributed by atoms with Gasteiger partial charge in [-0.05, 0) is 66.4 Å². The molecule has 0 saturated carbocycles. The molecule has 2 atom stereocenters. The topological polar surface area (TPSA) is 87.7 Å². The molecule has 192 valence electrons. The van der Waals surface area contributed by atoms with Gasteiger partial charge in [0.15, 0.2) is 0 Å². The molecular formula is C27H45N3O4. The summed E-state index contributed by atoms with van der Waals surface area (Å²) < 4.78 is 5.41. The minimum Gasteiger partial charge on any atom is -0.444 e. The fourth-order valence-electron chi connectivity index (χ4n) is 3.59. The average Bonchev–Trinajstić information content (AvgIpc) is 2.68. The highest BCUT2D eigenvalue weighted by atomic mass is 16.6. The minimum atomic E-state index is -0.856. The summed E-state index contributed by atoms with van der Waals surface area (Å²) in [5.41, 5.74) is 0.399. The molecule has 1 rings (SSSR count). The molecule has 0 fully saturated rings. The van der Waals surface area contributed by atoms with Gasteiger partial charge in [0.1, 0.15) is 17.7 Å². The molecule has 7 nitrogen and oxygen atoms in total. The monoisotopic (exact) mass is 475 g/mol. The highest BCUT2D eigenvalue weighted by Gasteiger charge is 2.42. The Bertz CT molecular complexity index is 820. The third-order valence-corrected chi connectivity index (χ3v) is 5.29. The Hall–Kier alpha value is -2.57. The lowest BCUT2D eigenvalue weighted by atomic mass is 9.93. The fraction of sp³-hybridized carbons (Fsp3) is 0.667. The predicted molar refractivity (Wildman–Crippen MR) is 136 cm³/mol. The van der Waals surface area contributed by atoms with E-state index in [2.05, 4.69) is 17.6 Å². The van der Waals surface area contributed by atoms with E-state index < -0.39 is 29.3 Å². The van der Waals surface area contributed by atoms with E-state index in [0.29, 0.717) is 6.54 Å². The summed E-state index contributed by atoms with van der Waals surface area (Å²) >= 11 is 0. The molecule has 0 aromatic heterocycles. The standard InChI is InChI=1S/C27H45N3O4/c1-11-12-17-28-23(31)22(20-15-13-19(4)14-16-20)30(26(5,6)7)24(32)21(18(2)3)29-25(33)34-27(8,9)10/h13-16,18,21-22H,11-12,17H2,1-10H3,(H,28,31)(H,29,33). The van der Waals surface area contributed by atoms with Crippen LogP contribution in [0.5, 0.6) is 0 Å². The normalized spacial score (nSPS) is 13.7. The van der Waals surface area contributed by atoms with Crippen LogP contribution in [0.15, 0.2) is 24.3 Å². The summed E-state index contributed by atoms with van der Waals surface area (Å²) in [7, 11) is 0. The Morgan fingerprint density at radius 2 is 1.56 bits per heavy atom. The SMILES string of the molecule is CCCCNC(=O)C(c1ccc(C)cc1)N(C(=O)C(NC(=O)OC(C)(C)C)C(C)C)C(C)(C)C. The van der Waals surface area contributed by atoms with Crippen molar-refractivity contribution in [1.82, 2.24) is 15.5 Å². The van der Waals surface area contributed by atoms with Gasteiger partial charge in [-0.2, -0.15) is 0 Å². The van der Waals surface area contributed by atoms with Gasteiger partial charge in [0.25, 0.3) is 0 Å². The summed E-state index contributed by atoms with van der Waals surface area (Å²) in [5, 5.41) is 5.75. The molecule has 0 bridgehead atoms. The number of nitrogens with one attached hydrogen (secondary N) is 2. The van der Waals surface area contributed by atoms with E-state index in [9.17, 15) is 14.4 Å². The van der Waals surface area contributed by atoms with Crippen molar-refractivity contribution in [2.45, 2.75) is 105 Å². The number of rotatable bonds is 9. The quantitative estimate of drug-likeness (QED) is 0.485. The second-order valence-electron chi connectivity index (χ2n) is 11.2. The number of hydrogen-bond donors (Lipinski definition) is 2. The van der Waals surface area contributed by atoms with E-state index in [0.717, 1.165) is 24.0 Å². The fourth-order valence-corrected chi connectivity index (χ4v) is 3.59. The van der Waals surface area contributed by atoms with Crippen molar-refractivity contribution in [2.75, 3.05) is 6.54 Å². The molecule has 3 amide bonds. The van der Waals surface area contributed by atoms with E-state index >= 15 is 0 Å². The van der Waals surface area contributed by atoms with Crippen molar-refractivity contribution >= 4 is 17.9 Å². The van der Waals surface area contributed by atoms with Gasteiger partial charge in [-0.25, -0.2) is 4.79 Å². The molecule has 0 aliphatic rings. The van der Waals surface area contributed by atoms with Crippen molar-refractivity contribution in [3.05, 3.63) is 35.4 Å². The van der Waals surface area contributed by atoms with Gasteiger partial charge in [0.05, 0.1) is 0 Å². The van der Waals surface area contributed by atoms with Gasteiger partial charge >= 0.3 is 6.09 Å². The number of carbonyl (C=O) groups excluding carboxylic acids is 3. The molecule has 2 N–H and O–H groups in total. The Morgan fingerprint density at radius 1 is 1.00 bits per heavy atom. The number of nitrogens with zero attached hydrogens (tertiary/aromatic N) is 1. The molecule has 0 radical (unpaired) electrons. The van der Waals surface area contributed by atoms with Crippen LogP contribution in [0, 0.1) is 12.8 Å². The summed E-state index contributed by atoms with van der Waals surface area (Å²) in [4.78, 5) is 41.7. The predicted octanol–water partition coefficient (Wildman–Crippen LogP) is 5.13. The van der Waals surface area contributed by atoms with Crippen molar-refractivity contribution in [2.24, 2.45) is 5.92 Å². The molecule has 2 unspecified atom stereocenters. The molecule has 0 aliphatic carbocycles. The van der Waals surface area contributed by atoms with Crippen molar-refractivity contribution < 1.29 is 19.1 Å². The number of carbonyl (C=O) groups is 3. The Balaban J connectivity index is 3.47. The first-order valence-electron chi connectivity index (χ1n) is 12.3. The van der Waals surface area contributed by atoms with Crippen molar-refractivity contribution in [3.63, 3.8) is 0 Å². The van der Waals surface area contributed by atoms with Crippen LogP contribution in [0.25, 0.3) is 0 Å². The Morgan fingerprint density at radius 3 is 2.00 bits per heavy atom. The molecule has 0 saturated heterocycles. The number of alkyl carbamates (subject to hydrolysis) is 1. The van der Waals surface area contributed by atoms with Gasteiger partial charge < -0.3 is 20.3 Å². The van der Waals surface area contributed by atoms with Crippen LogP contribution in [-0.4, -0.2) is 46.5 Å². The second-order valence-corrected chi connectivity index (χ2v) is 11.2. The van der Waals surface area contributed by atoms with E-state index in [4.69, 9.17) is 4.74 Å². The zero-order valence-electron chi connectivity index (χ0n) is 22.7. The Kier molecular flexibility index (Phi) is 10.6. The van der Waals surface area contributed by atoms with Gasteiger partial charge in [-0.3, -0.25) is 9.59 Å². The average molecular weight is 476 g/mol. The molecule has 0 spiro atoms. The van der Waals surface area contributed by atoms with Crippen LogP contribution in [-0.2, 0) is 14.3 Å². The number of benzene rings is 1. The van der Waals surface area contributed by atoms with E-state index in [1.54, 1.807) is 25.7 Å². The number of unbranched alkanes of at least 4 members (excludes halogenated alkanes) is 1. The largest absolute Gasteiger partial charge is 0.444 e. The molecule has 34 heavy (non-hydrogen) atoms. The maximum absolute atomic E-state index is 14.0. The van der Waals surface area contributed by atoms with E-state index in [-0.39, 0.29) is 17.7 Å². The highest BCUT2D eigenvalue weighted by molar-refractivity contribution is 5.92. The number of ether oxygens (including phenoxy) is 1. The Labute approximate surface area is 206 Å². The minimum absolute atomic E-state index is 0.216. The molecule has 1 aromatic carbocycles. The summed E-state index contributed by atoms with van der Waals surface area (Å²) in [5.74, 6) is -0.781. The van der Waals surface area contributed by atoms with Gasteiger partial charge in [0.2, 0.25) is 11.8 Å². The maximum Gasteiger partial charge on any atom is 0.408 e. The smallest absolute Gasteiger partial charge is 0.408 e. The molecule has 7 heteroatoms. The third-order valence-electron chi connectivity index (χ3n) is 5.29. The van der Waals surface area contributed by atoms with Crippen molar-refractivity contribution in [3.8, 4) is 0 Å². The summed E-state index contributed by atoms with van der Waals surface area (Å²) in [6.45, 7) is 19.3. The third kappa shape index (κ3) is 8.99. The van der Waals surface area contributed by atoms with E-state index in [1.165, 1.54) is 0 Å². The number of hydrogen-bond acceptors (Lipinski definition) is 4. The van der Waals surface area contributed by atoms with Crippen LogP contribution in [0.2, 0.25) is 0 Å². The molecule has 0 aliphatic heterocycles. The number of amides is 3. The van der Waals surface area contributed by atoms with Crippen LogP contribution in [0.4, 0.5) is 4.79 Å². The van der Waals surface area contributed by atoms with Crippen LogP contribution in [0.3, 0.4) is 0 Å². The summed E-state index contributed by atoms with van der Waals surface area (Å²) in [6, 6.07) is 5.95. The lowest BCUT2D eigenvalue weighted by molar-refractivity contribution is -0.149. The van der Waals surface area contributed by atoms with Gasteiger partial charge in [-0.15, -0.1) is 0 Å². The maximum atomic E-state index is 14.0. The first kappa shape index (κ1) is 29.5. The van der Waals surface area contributed by atoms with Crippen LogP contribution < -0.4 is 10.6 Å². The first-order chi connectivity index (χ1) is 15.6. The molecule has 1 aromatic rings. The lowest BCUT2D eigenvalue weighted by Gasteiger charge is -2.43. The van der Waals surface area contributed by atoms with Crippen molar-refractivity contribution in [1.29, 1.82) is 0 Å². The zero-order chi connectivity index (χ0) is 26.3. The molecule has 0 heterocycles. The first-order valence-corrected chi connectivity index (χ1v) is 12.3. The van der Waals surface area contributed by atoms with Gasteiger partial charge in [0, 0.05) is 12.1 Å². The lowest BCUT2D eigenvalue weighted by Crippen LogP contribution is -2.59. The van der Waals surface area contributed by atoms with Crippen LogP contribution >= 0.6 is 0 Å². The van der Waals surface area contributed by atoms with Gasteiger partial charge in [-0.1, -0.05) is 57.0 Å². The highest BCUT2D eigenvalue weighted by Crippen LogP contribution is 2.31. The van der Waals surface area contributed by atoms with E-state index in [1.807, 2.05) is 65.8 Å². The molecular weight excluding hydrogens is 430 g/mol.